The van der Waals surface area contributed by atoms with Gasteiger partial charge in [-0.2, -0.15) is 0 Å². The molecule has 0 bridgehead atoms. The summed E-state index contributed by atoms with van der Waals surface area (Å²) in [7, 11) is 0. The van der Waals surface area contributed by atoms with E-state index in [0.29, 0.717) is 12.8 Å². The summed E-state index contributed by atoms with van der Waals surface area (Å²) in [6, 6.07) is 12.6. The molecule has 2 aromatic heterocycles. The zero-order valence-electron chi connectivity index (χ0n) is 15.9. The van der Waals surface area contributed by atoms with Crippen molar-refractivity contribution in [2.75, 3.05) is 13.1 Å². The zero-order chi connectivity index (χ0) is 19.0. The van der Waals surface area contributed by atoms with Gasteiger partial charge < -0.3 is 9.51 Å². The maximum absolute atomic E-state index is 11.2. The van der Waals surface area contributed by atoms with Crippen LogP contribution in [0.5, 0.6) is 0 Å². The van der Waals surface area contributed by atoms with E-state index in [1.54, 1.807) is 0 Å². The Morgan fingerprint density at radius 3 is 2.52 bits per heavy atom. The van der Waals surface area contributed by atoms with Gasteiger partial charge in [0, 0.05) is 18.3 Å². The van der Waals surface area contributed by atoms with E-state index in [2.05, 4.69) is 65.7 Å². The Hall–Kier alpha value is -2.66. The number of pyridine rings is 1. The number of hydrogen-bond donors (Lipinski definition) is 1. The summed E-state index contributed by atoms with van der Waals surface area (Å²) in [4.78, 5) is 18.5. The number of fused-ring (bicyclic) bond motifs is 1. The summed E-state index contributed by atoms with van der Waals surface area (Å²) in [6.07, 6.45) is 3.50. The molecule has 3 heterocycles. The molecule has 1 aliphatic rings. The minimum Gasteiger partial charge on any atom is -0.481 e. The third kappa shape index (κ3) is 3.47. The lowest BCUT2D eigenvalue weighted by Crippen LogP contribution is -2.36. The highest BCUT2D eigenvalue weighted by Crippen LogP contribution is 2.28. The molecule has 5 nitrogen and oxygen atoms in total. The molecule has 1 saturated heterocycles. The van der Waals surface area contributed by atoms with Gasteiger partial charge in [0.05, 0.1) is 17.3 Å². The van der Waals surface area contributed by atoms with Crippen LogP contribution in [0.2, 0.25) is 0 Å². The summed E-state index contributed by atoms with van der Waals surface area (Å²) in [6.45, 7) is 6.57. The second-order valence-electron chi connectivity index (χ2n) is 7.55. The highest BCUT2D eigenvalue weighted by Gasteiger charge is 2.26. The van der Waals surface area contributed by atoms with Crippen LogP contribution >= 0.6 is 0 Å². The average Bonchev–Trinajstić information content (AvgIpc) is 3.03. The number of rotatable bonds is 4. The number of aromatic nitrogens is 2. The summed E-state index contributed by atoms with van der Waals surface area (Å²) >= 11 is 0. The molecular weight excluding hydrogens is 338 g/mol. The molecule has 0 aliphatic carbocycles. The first-order valence-electron chi connectivity index (χ1n) is 9.51. The summed E-state index contributed by atoms with van der Waals surface area (Å²) in [5, 5.41) is 9.24. The van der Waals surface area contributed by atoms with Crippen molar-refractivity contribution in [1.82, 2.24) is 14.3 Å². The van der Waals surface area contributed by atoms with Crippen molar-refractivity contribution >= 4 is 11.6 Å². The number of imidazole rings is 1. The predicted octanol–water partition coefficient (Wildman–Crippen LogP) is 3.91. The van der Waals surface area contributed by atoms with Crippen LogP contribution in [-0.2, 0) is 11.3 Å². The molecule has 1 aromatic carbocycles. The van der Waals surface area contributed by atoms with E-state index in [1.807, 2.05) is 0 Å². The van der Waals surface area contributed by atoms with Gasteiger partial charge in [0.25, 0.3) is 0 Å². The van der Waals surface area contributed by atoms with Crippen molar-refractivity contribution in [3.05, 3.63) is 59.4 Å². The van der Waals surface area contributed by atoms with Crippen molar-refractivity contribution < 1.29 is 9.90 Å². The molecule has 1 fully saturated rings. The van der Waals surface area contributed by atoms with Gasteiger partial charge in [-0.1, -0.05) is 35.9 Å². The van der Waals surface area contributed by atoms with Crippen LogP contribution in [0, 0.1) is 19.8 Å². The van der Waals surface area contributed by atoms with Gasteiger partial charge in [-0.05, 0) is 51.4 Å². The van der Waals surface area contributed by atoms with E-state index in [-0.39, 0.29) is 5.92 Å². The first kappa shape index (κ1) is 17.7. The fraction of sp³-hybridized carbons (Fsp3) is 0.364. The Morgan fingerprint density at radius 1 is 1.15 bits per heavy atom. The highest BCUT2D eigenvalue weighted by atomic mass is 16.4. The molecule has 4 rings (SSSR count). The van der Waals surface area contributed by atoms with Crippen molar-refractivity contribution in [3.8, 4) is 11.3 Å². The molecule has 0 radical (unpaired) electrons. The average molecular weight is 363 g/mol. The number of carbonyl (C=O) groups is 1. The summed E-state index contributed by atoms with van der Waals surface area (Å²) < 4.78 is 2.19. The molecule has 140 valence electrons. The molecule has 3 aromatic rings. The van der Waals surface area contributed by atoms with E-state index in [0.717, 1.165) is 42.1 Å². The maximum atomic E-state index is 11.2. The van der Waals surface area contributed by atoms with Crippen LogP contribution in [0.4, 0.5) is 0 Å². The van der Waals surface area contributed by atoms with Gasteiger partial charge in [0.1, 0.15) is 5.65 Å². The molecule has 1 N–H and O–H groups in total. The third-order valence-corrected chi connectivity index (χ3v) is 5.58. The number of hydrogen-bond acceptors (Lipinski definition) is 3. The van der Waals surface area contributed by atoms with Crippen molar-refractivity contribution in [3.63, 3.8) is 0 Å². The topological polar surface area (TPSA) is 57.8 Å². The summed E-state index contributed by atoms with van der Waals surface area (Å²) in [5.41, 5.74) is 6.69. The van der Waals surface area contributed by atoms with Crippen LogP contribution in [-0.4, -0.2) is 38.4 Å². The molecular formula is C22H25N3O2. The predicted molar refractivity (Wildman–Crippen MR) is 106 cm³/mol. The third-order valence-electron chi connectivity index (χ3n) is 5.58. The molecule has 0 atom stereocenters. The fourth-order valence-electron chi connectivity index (χ4n) is 3.90. The summed E-state index contributed by atoms with van der Waals surface area (Å²) in [5.74, 6) is -0.873. The minimum atomic E-state index is -0.666. The Labute approximate surface area is 159 Å². The normalized spacial score (nSPS) is 16.1. The molecule has 1 aliphatic heterocycles. The van der Waals surface area contributed by atoms with E-state index < -0.39 is 5.97 Å². The highest BCUT2D eigenvalue weighted by molar-refractivity contribution is 5.70. The second kappa shape index (κ2) is 7.16. The first-order chi connectivity index (χ1) is 13.0. The van der Waals surface area contributed by atoms with E-state index in [4.69, 9.17) is 4.98 Å². The SMILES string of the molecule is Cc1ccc(-c2nc3c(C)cccn3c2CN2CCC(C(=O)O)CC2)cc1. The van der Waals surface area contributed by atoms with Gasteiger partial charge >= 0.3 is 5.97 Å². The molecule has 0 unspecified atom stereocenters. The van der Waals surface area contributed by atoms with E-state index in [9.17, 15) is 9.90 Å². The first-order valence-corrected chi connectivity index (χ1v) is 9.51. The van der Waals surface area contributed by atoms with Crippen LogP contribution < -0.4 is 0 Å². The Morgan fingerprint density at radius 2 is 1.85 bits per heavy atom. The second-order valence-corrected chi connectivity index (χ2v) is 7.55. The number of carboxylic acid groups (broad SMARTS) is 1. The Bertz CT molecular complexity index is 967. The molecule has 0 amide bonds. The van der Waals surface area contributed by atoms with Crippen LogP contribution in [0.1, 0.15) is 29.7 Å². The fourth-order valence-corrected chi connectivity index (χ4v) is 3.90. The van der Waals surface area contributed by atoms with Crippen LogP contribution in [0.15, 0.2) is 42.6 Å². The van der Waals surface area contributed by atoms with Gasteiger partial charge in [-0.15, -0.1) is 0 Å². The lowest BCUT2D eigenvalue weighted by atomic mass is 9.97. The van der Waals surface area contributed by atoms with Crippen molar-refractivity contribution in [2.45, 2.75) is 33.2 Å². The number of piperidine rings is 1. The van der Waals surface area contributed by atoms with E-state index >= 15 is 0 Å². The standard InChI is InChI=1S/C22H25N3O2/c1-15-5-7-17(8-6-15)20-19(25-11-3-4-16(2)21(25)23-20)14-24-12-9-18(10-13-24)22(26)27/h3-8,11,18H,9-10,12-14H2,1-2H3,(H,26,27). The quantitative estimate of drug-likeness (QED) is 0.763. The molecule has 0 spiro atoms. The number of nitrogens with zero attached hydrogens (tertiary/aromatic N) is 3. The van der Waals surface area contributed by atoms with Crippen molar-refractivity contribution in [2.24, 2.45) is 5.92 Å². The molecule has 0 saturated carbocycles. The lowest BCUT2D eigenvalue weighted by Gasteiger charge is -2.30. The number of aryl methyl sites for hydroxylation is 2. The number of carboxylic acids is 1. The lowest BCUT2D eigenvalue weighted by molar-refractivity contribution is -0.143. The number of likely N-dealkylation sites (tertiary alicyclic amines) is 1. The van der Waals surface area contributed by atoms with Gasteiger partial charge in [-0.3, -0.25) is 9.69 Å². The van der Waals surface area contributed by atoms with Gasteiger partial charge in [0.15, 0.2) is 0 Å². The number of benzene rings is 1. The Kier molecular flexibility index (Phi) is 4.70. The Balaban J connectivity index is 1.70. The van der Waals surface area contributed by atoms with Crippen molar-refractivity contribution in [1.29, 1.82) is 0 Å². The van der Waals surface area contributed by atoms with Crippen LogP contribution in [0.25, 0.3) is 16.9 Å². The minimum absolute atomic E-state index is 0.206. The van der Waals surface area contributed by atoms with Gasteiger partial charge in [-0.25, -0.2) is 4.98 Å². The van der Waals surface area contributed by atoms with Crippen LogP contribution in [0.3, 0.4) is 0 Å². The number of aliphatic carboxylic acids is 1. The maximum Gasteiger partial charge on any atom is 0.306 e. The zero-order valence-corrected chi connectivity index (χ0v) is 15.9. The van der Waals surface area contributed by atoms with E-state index in [1.165, 1.54) is 11.3 Å². The van der Waals surface area contributed by atoms with Gasteiger partial charge in [0.2, 0.25) is 0 Å². The molecule has 5 heteroatoms. The molecule has 27 heavy (non-hydrogen) atoms. The smallest absolute Gasteiger partial charge is 0.306 e. The largest absolute Gasteiger partial charge is 0.481 e. The monoisotopic (exact) mass is 363 g/mol.